The van der Waals surface area contributed by atoms with Crippen LogP contribution >= 0.6 is 0 Å². The van der Waals surface area contributed by atoms with Crippen LogP contribution in [0.25, 0.3) is 12.2 Å². The van der Waals surface area contributed by atoms with E-state index in [1.807, 2.05) is 6.92 Å². The lowest BCUT2D eigenvalue weighted by molar-refractivity contribution is -0.134. The number of carbonyl (C=O) groups is 4. The Bertz CT molecular complexity index is 1340. The molecule has 2 N–H and O–H groups in total. The van der Waals surface area contributed by atoms with Crippen molar-refractivity contribution in [3.63, 3.8) is 0 Å². The van der Waals surface area contributed by atoms with Crippen LogP contribution in [0.3, 0.4) is 0 Å². The molecule has 0 radical (unpaired) electrons. The highest BCUT2D eigenvalue weighted by Crippen LogP contribution is 2.29. The molecule has 0 spiro atoms. The molecule has 46 heavy (non-hydrogen) atoms. The zero-order chi connectivity index (χ0) is 33.6. The van der Waals surface area contributed by atoms with Crippen LogP contribution in [0, 0.1) is 0 Å². The molecule has 0 heterocycles. The highest BCUT2D eigenvalue weighted by atomic mass is 16.6. The summed E-state index contributed by atoms with van der Waals surface area (Å²) in [5.74, 6) is -0.764. The highest BCUT2D eigenvalue weighted by Gasteiger charge is 2.12. The Morgan fingerprint density at radius 3 is 1.96 bits per heavy atom. The fourth-order valence-corrected chi connectivity index (χ4v) is 3.84. The Hall–Kier alpha value is -4.52. The summed E-state index contributed by atoms with van der Waals surface area (Å²) in [6.45, 7) is 5.23. The molecule has 250 valence electrons. The van der Waals surface area contributed by atoms with Gasteiger partial charge in [-0.15, -0.1) is 0 Å². The lowest BCUT2D eigenvalue weighted by Crippen LogP contribution is -2.27. The van der Waals surface area contributed by atoms with Gasteiger partial charge in [-0.25, -0.2) is 0 Å². The molecule has 12 nitrogen and oxygen atoms in total. The van der Waals surface area contributed by atoms with Gasteiger partial charge in [0.15, 0.2) is 34.6 Å². The van der Waals surface area contributed by atoms with Crippen molar-refractivity contribution in [3.8, 4) is 23.0 Å². The first-order valence-corrected chi connectivity index (χ1v) is 14.9. The van der Waals surface area contributed by atoms with Crippen LogP contribution in [0.1, 0.15) is 43.7 Å². The van der Waals surface area contributed by atoms with E-state index in [1.165, 1.54) is 50.7 Å². The van der Waals surface area contributed by atoms with E-state index in [1.54, 1.807) is 24.3 Å². The smallest absolute Gasteiger partial charge is 0.311 e. The average Bonchev–Trinajstić information content (AvgIpc) is 3.04. The second-order valence-corrected chi connectivity index (χ2v) is 9.72. The molecule has 0 saturated heterocycles. The van der Waals surface area contributed by atoms with Crippen molar-refractivity contribution in [2.45, 2.75) is 32.6 Å². The number of benzene rings is 2. The van der Waals surface area contributed by atoms with Crippen LogP contribution in [-0.4, -0.2) is 89.0 Å². The SMILES string of the molecule is CCOCCOCCOCCNC(=O)CCCC(=O)Oc1ccc(C=CC(=O)CC(=O)C=Cc2ccc(O)c(OC)c2)cc1OC. The maximum Gasteiger partial charge on any atom is 0.311 e. The molecule has 0 aliphatic carbocycles. The van der Waals surface area contributed by atoms with E-state index in [2.05, 4.69) is 5.32 Å². The molecule has 1 amide bonds. The lowest BCUT2D eigenvalue weighted by atomic mass is 10.1. The fourth-order valence-electron chi connectivity index (χ4n) is 3.84. The van der Waals surface area contributed by atoms with Gasteiger partial charge in [0.05, 0.1) is 53.7 Å². The molecule has 0 saturated carbocycles. The molecule has 0 aliphatic rings. The van der Waals surface area contributed by atoms with Crippen LogP contribution < -0.4 is 19.5 Å². The number of amides is 1. The van der Waals surface area contributed by atoms with E-state index in [4.69, 9.17) is 28.4 Å². The number of nitrogens with one attached hydrogen (secondary N) is 1. The fraction of sp³-hybridized carbons (Fsp3) is 0.412. The van der Waals surface area contributed by atoms with Crippen LogP contribution in [0.4, 0.5) is 0 Å². The number of methoxy groups -OCH3 is 2. The highest BCUT2D eigenvalue weighted by molar-refractivity contribution is 6.10. The summed E-state index contributed by atoms with van der Waals surface area (Å²) >= 11 is 0. The Labute approximate surface area is 269 Å². The average molecular weight is 642 g/mol. The molecule has 0 aliphatic heterocycles. The number of ether oxygens (including phenoxy) is 6. The number of rotatable bonds is 23. The molecule has 2 aromatic carbocycles. The van der Waals surface area contributed by atoms with Crippen LogP contribution in [0.15, 0.2) is 48.6 Å². The Morgan fingerprint density at radius 1 is 0.739 bits per heavy atom. The molecule has 0 atom stereocenters. The first-order valence-electron chi connectivity index (χ1n) is 14.9. The van der Waals surface area contributed by atoms with Crippen LogP contribution in [0.5, 0.6) is 23.0 Å². The number of esters is 1. The van der Waals surface area contributed by atoms with Gasteiger partial charge in [-0.3, -0.25) is 19.2 Å². The maximum absolute atomic E-state index is 12.3. The van der Waals surface area contributed by atoms with Gasteiger partial charge in [0.2, 0.25) is 5.91 Å². The second-order valence-electron chi connectivity index (χ2n) is 9.72. The van der Waals surface area contributed by atoms with E-state index in [-0.39, 0.29) is 54.0 Å². The number of hydrogen-bond donors (Lipinski definition) is 2. The Kier molecular flexibility index (Phi) is 18.1. The predicted molar refractivity (Wildman–Crippen MR) is 171 cm³/mol. The number of phenolic OH excluding ortho intramolecular Hbond substituents is 1. The molecule has 0 bridgehead atoms. The van der Waals surface area contributed by atoms with Crippen molar-refractivity contribution < 1.29 is 52.7 Å². The Balaban J connectivity index is 1.70. The van der Waals surface area contributed by atoms with Crippen LogP contribution in [-0.2, 0) is 33.4 Å². The molecule has 0 unspecified atom stereocenters. The molecule has 2 aromatic rings. The molecular formula is C34H43NO11. The number of carbonyl (C=O) groups excluding carboxylic acids is 4. The van der Waals surface area contributed by atoms with Gasteiger partial charge in [-0.2, -0.15) is 0 Å². The van der Waals surface area contributed by atoms with Gasteiger partial charge < -0.3 is 38.8 Å². The summed E-state index contributed by atoms with van der Waals surface area (Å²) in [7, 11) is 2.84. The van der Waals surface area contributed by atoms with Crippen molar-refractivity contribution in [1.29, 1.82) is 0 Å². The predicted octanol–water partition coefficient (Wildman–Crippen LogP) is 3.93. The number of phenols is 1. The van der Waals surface area contributed by atoms with Crippen molar-refractivity contribution in [2.24, 2.45) is 0 Å². The second kappa shape index (κ2) is 22.1. The number of allylic oxidation sites excluding steroid dienone is 2. The first kappa shape index (κ1) is 37.7. The number of ketones is 2. The minimum absolute atomic E-state index is 0.0173. The van der Waals surface area contributed by atoms with Crippen molar-refractivity contribution in [3.05, 3.63) is 59.7 Å². The number of aromatic hydroxyl groups is 1. The van der Waals surface area contributed by atoms with Crippen molar-refractivity contribution in [1.82, 2.24) is 5.32 Å². The summed E-state index contributed by atoms with van der Waals surface area (Å²) < 4.78 is 31.7. The summed E-state index contributed by atoms with van der Waals surface area (Å²) in [6.07, 6.45) is 5.81. The maximum atomic E-state index is 12.3. The third-order valence-electron chi connectivity index (χ3n) is 6.19. The number of hydrogen-bond acceptors (Lipinski definition) is 11. The molecule has 0 aromatic heterocycles. The van der Waals surface area contributed by atoms with E-state index >= 15 is 0 Å². The monoisotopic (exact) mass is 641 g/mol. The van der Waals surface area contributed by atoms with Gasteiger partial charge in [0.25, 0.3) is 0 Å². The normalized spacial score (nSPS) is 11.1. The minimum Gasteiger partial charge on any atom is -0.504 e. The van der Waals surface area contributed by atoms with E-state index in [9.17, 15) is 24.3 Å². The zero-order valence-electron chi connectivity index (χ0n) is 26.6. The summed E-state index contributed by atoms with van der Waals surface area (Å²) in [4.78, 5) is 48.9. The minimum atomic E-state index is -0.519. The van der Waals surface area contributed by atoms with Gasteiger partial charge in [0.1, 0.15) is 0 Å². The standard InChI is InChI=1S/C34H43NO11/c1-4-43-18-19-45-21-20-44-17-16-35-33(39)6-5-7-34(40)46-30-15-11-26(23-32(30)42-3)9-13-28(37)24-27(36)12-8-25-10-14-29(38)31(22-25)41-2/h8-15,22-23,38H,4-7,16-21,24H2,1-3H3,(H,35,39). The topological polar surface area (TPSA) is 156 Å². The first-order chi connectivity index (χ1) is 22.2. The van der Waals surface area contributed by atoms with Gasteiger partial charge in [0, 0.05) is 26.0 Å². The lowest BCUT2D eigenvalue weighted by Gasteiger charge is -2.10. The van der Waals surface area contributed by atoms with Crippen molar-refractivity contribution >= 4 is 35.6 Å². The van der Waals surface area contributed by atoms with Crippen molar-refractivity contribution in [2.75, 3.05) is 60.4 Å². The van der Waals surface area contributed by atoms with Gasteiger partial charge in [-0.1, -0.05) is 24.3 Å². The van der Waals surface area contributed by atoms with E-state index in [0.29, 0.717) is 63.7 Å². The summed E-state index contributed by atoms with van der Waals surface area (Å²) in [5.41, 5.74) is 1.23. The van der Waals surface area contributed by atoms with Gasteiger partial charge in [-0.05, 0) is 60.9 Å². The molecule has 2 rings (SSSR count). The quantitative estimate of drug-likeness (QED) is 0.0596. The van der Waals surface area contributed by atoms with Crippen LogP contribution in [0.2, 0.25) is 0 Å². The third kappa shape index (κ3) is 15.5. The van der Waals surface area contributed by atoms with E-state index < -0.39 is 11.8 Å². The summed E-state index contributed by atoms with van der Waals surface area (Å²) in [6, 6.07) is 9.40. The van der Waals surface area contributed by atoms with E-state index in [0.717, 1.165) is 0 Å². The summed E-state index contributed by atoms with van der Waals surface area (Å²) in [5, 5.41) is 12.4. The molecular weight excluding hydrogens is 598 g/mol. The zero-order valence-corrected chi connectivity index (χ0v) is 26.6. The van der Waals surface area contributed by atoms with Gasteiger partial charge >= 0.3 is 5.97 Å². The largest absolute Gasteiger partial charge is 0.504 e. The molecule has 12 heteroatoms. The molecule has 0 fully saturated rings. The third-order valence-corrected chi connectivity index (χ3v) is 6.19. The Morgan fingerprint density at radius 2 is 1.33 bits per heavy atom.